The number of likely N-dealkylation sites (N-methyl/N-ethyl adjacent to an activating group) is 1. The summed E-state index contributed by atoms with van der Waals surface area (Å²) in [7, 11) is 1.59. The molecule has 2 heterocycles. The number of amides is 1. The molecule has 0 radical (unpaired) electrons. The van der Waals surface area contributed by atoms with Crippen LogP contribution in [0.3, 0.4) is 0 Å². The summed E-state index contributed by atoms with van der Waals surface area (Å²) in [5.74, 6) is 0.598. The molecular weight excluding hydrogens is 352 g/mol. The summed E-state index contributed by atoms with van der Waals surface area (Å²) < 4.78 is 6.69. The van der Waals surface area contributed by atoms with Gasteiger partial charge in [-0.1, -0.05) is 6.07 Å². The topological polar surface area (TPSA) is 77.1 Å². The number of nitrogens with zero attached hydrogens (tertiary/aromatic N) is 2. The van der Waals surface area contributed by atoms with Crippen molar-refractivity contribution in [2.45, 2.75) is 13.5 Å². The Bertz CT molecular complexity index is 966. The number of thiazole rings is 1. The number of nitrogens with one attached hydrogen (secondary N) is 2. The minimum absolute atomic E-state index is 0.0935. The van der Waals surface area contributed by atoms with Crippen molar-refractivity contribution < 1.29 is 14.4 Å². The quantitative estimate of drug-likeness (QED) is 0.643. The van der Waals surface area contributed by atoms with Crippen molar-refractivity contribution >= 4 is 27.9 Å². The van der Waals surface area contributed by atoms with Crippen LogP contribution in [-0.4, -0.2) is 35.5 Å². The third-order valence-corrected chi connectivity index (χ3v) is 4.81. The molecule has 0 aliphatic rings. The van der Waals surface area contributed by atoms with Crippen LogP contribution < -0.4 is 20.5 Å². The van der Waals surface area contributed by atoms with Crippen LogP contribution in [0.4, 0.5) is 5.69 Å². The lowest BCUT2D eigenvalue weighted by atomic mass is 10.3. The molecule has 0 aliphatic carbocycles. The summed E-state index contributed by atoms with van der Waals surface area (Å²) in [6.07, 6.45) is 1.71. The Balaban J connectivity index is 1.66. The number of ether oxygens (including phenoxy) is 1. The summed E-state index contributed by atoms with van der Waals surface area (Å²) >= 11 is 1.42. The second-order valence-electron chi connectivity index (χ2n) is 5.88. The van der Waals surface area contributed by atoms with E-state index in [2.05, 4.69) is 10.3 Å². The van der Waals surface area contributed by atoms with Crippen LogP contribution in [0.2, 0.25) is 0 Å². The van der Waals surface area contributed by atoms with Gasteiger partial charge in [0.1, 0.15) is 18.0 Å². The fourth-order valence-electron chi connectivity index (χ4n) is 2.68. The van der Waals surface area contributed by atoms with E-state index in [1.807, 2.05) is 30.5 Å². The van der Waals surface area contributed by atoms with E-state index >= 15 is 0 Å². The number of aromatic nitrogens is 2. The van der Waals surface area contributed by atoms with Crippen LogP contribution in [0.1, 0.15) is 12.6 Å². The minimum atomic E-state index is -0.0949. The van der Waals surface area contributed by atoms with Gasteiger partial charge in [-0.25, -0.2) is 4.98 Å². The van der Waals surface area contributed by atoms with E-state index in [9.17, 15) is 9.59 Å². The Morgan fingerprint density at radius 1 is 1.38 bits per heavy atom. The molecule has 0 aliphatic heterocycles. The van der Waals surface area contributed by atoms with E-state index < -0.39 is 0 Å². The highest BCUT2D eigenvalue weighted by Crippen LogP contribution is 2.16. The number of rotatable bonds is 7. The number of benzene rings is 1. The zero-order chi connectivity index (χ0) is 18.5. The van der Waals surface area contributed by atoms with Crippen molar-refractivity contribution in [3.05, 3.63) is 58.0 Å². The highest BCUT2D eigenvalue weighted by molar-refractivity contribution is 7.15. The van der Waals surface area contributed by atoms with Gasteiger partial charge in [-0.15, -0.1) is 11.3 Å². The zero-order valence-corrected chi connectivity index (χ0v) is 15.5. The molecule has 0 saturated heterocycles. The van der Waals surface area contributed by atoms with Gasteiger partial charge in [0.15, 0.2) is 11.5 Å². The molecule has 7 nitrogen and oxygen atoms in total. The number of anilines is 1. The van der Waals surface area contributed by atoms with E-state index in [1.54, 1.807) is 19.4 Å². The average molecular weight is 373 g/mol. The summed E-state index contributed by atoms with van der Waals surface area (Å²) in [6, 6.07) is 8.78. The Morgan fingerprint density at radius 3 is 3.00 bits per heavy atom. The number of carbonyl (C=O) groups excluding carboxylic acids is 1. The molecule has 0 saturated carbocycles. The van der Waals surface area contributed by atoms with Crippen LogP contribution in [0.25, 0.3) is 4.96 Å². The number of quaternary nitrogens is 1. The van der Waals surface area contributed by atoms with Crippen molar-refractivity contribution in [2.75, 3.05) is 25.5 Å². The van der Waals surface area contributed by atoms with Gasteiger partial charge >= 0.3 is 0 Å². The summed E-state index contributed by atoms with van der Waals surface area (Å²) in [4.78, 5) is 30.6. The first kappa shape index (κ1) is 18.1. The molecule has 8 heteroatoms. The van der Waals surface area contributed by atoms with Gasteiger partial charge in [-0.2, -0.15) is 0 Å². The maximum Gasteiger partial charge on any atom is 0.279 e. The maximum atomic E-state index is 12.4. The average Bonchev–Trinajstić information content (AvgIpc) is 3.10. The molecule has 0 bridgehead atoms. The van der Waals surface area contributed by atoms with E-state index in [1.165, 1.54) is 21.8 Å². The molecule has 26 heavy (non-hydrogen) atoms. The number of carbonyl (C=O) groups is 1. The van der Waals surface area contributed by atoms with Crippen LogP contribution in [0, 0.1) is 0 Å². The summed E-state index contributed by atoms with van der Waals surface area (Å²) in [6.45, 7) is 3.56. The molecule has 1 atom stereocenters. The number of hydrogen-bond acceptors (Lipinski definition) is 5. The first-order chi connectivity index (χ1) is 12.6. The fraction of sp³-hybridized carbons (Fsp3) is 0.278. The van der Waals surface area contributed by atoms with Gasteiger partial charge in [0, 0.05) is 29.4 Å². The first-order valence-electron chi connectivity index (χ1n) is 8.32. The molecule has 1 aromatic carbocycles. The monoisotopic (exact) mass is 373 g/mol. The smallest absolute Gasteiger partial charge is 0.279 e. The van der Waals surface area contributed by atoms with Gasteiger partial charge in [-0.05, 0) is 19.1 Å². The Hall–Kier alpha value is -2.71. The third-order valence-electron chi connectivity index (χ3n) is 4.05. The molecule has 0 fully saturated rings. The number of fused-ring (bicyclic) bond motifs is 1. The highest BCUT2D eigenvalue weighted by atomic mass is 32.1. The highest BCUT2D eigenvalue weighted by Gasteiger charge is 2.15. The van der Waals surface area contributed by atoms with Crippen LogP contribution in [0.5, 0.6) is 5.75 Å². The van der Waals surface area contributed by atoms with Crippen molar-refractivity contribution in [3.8, 4) is 5.75 Å². The largest absolute Gasteiger partial charge is 0.497 e. The van der Waals surface area contributed by atoms with Gasteiger partial charge in [0.2, 0.25) is 0 Å². The molecule has 0 spiro atoms. The van der Waals surface area contributed by atoms with Gasteiger partial charge < -0.3 is 15.0 Å². The summed E-state index contributed by atoms with van der Waals surface area (Å²) in [5.41, 5.74) is 1.30. The molecule has 1 amide bonds. The predicted octanol–water partition coefficient (Wildman–Crippen LogP) is 0.808. The van der Waals surface area contributed by atoms with E-state index in [0.29, 0.717) is 35.2 Å². The van der Waals surface area contributed by atoms with Crippen molar-refractivity contribution in [2.24, 2.45) is 0 Å². The SMILES string of the molecule is CC[NH+](CC(=O)Nc1cccc(OC)c1)Cc1cc(=O)n2ccsc2n1. The Morgan fingerprint density at radius 2 is 2.23 bits per heavy atom. The molecule has 136 valence electrons. The van der Waals surface area contributed by atoms with E-state index in [0.717, 1.165) is 11.4 Å². The number of methoxy groups -OCH3 is 1. The van der Waals surface area contributed by atoms with Crippen molar-refractivity contribution in [3.63, 3.8) is 0 Å². The Kier molecular flexibility index (Phi) is 5.65. The second kappa shape index (κ2) is 8.11. The number of hydrogen-bond donors (Lipinski definition) is 2. The van der Waals surface area contributed by atoms with Crippen molar-refractivity contribution in [1.29, 1.82) is 0 Å². The normalized spacial score (nSPS) is 12.1. The lowest BCUT2D eigenvalue weighted by molar-refractivity contribution is -0.904. The third kappa shape index (κ3) is 4.27. The molecular formula is C18H21N4O3S+. The van der Waals surface area contributed by atoms with Crippen LogP contribution >= 0.6 is 11.3 Å². The molecule has 3 aromatic rings. The fourth-order valence-corrected chi connectivity index (χ4v) is 3.42. The predicted molar refractivity (Wildman–Crippen MR) is 101 cm³/mol. The van der Waals surface area contributed by atoms with Crippen LogP contribution in [0.15, 0.2) is 46.7 Å². The molecule has 1 unspecified atom stereocenters. The molecule has 2 N–H and O–H groups in total. The molecule has 3 rings (SSSR count). The van der Waals surface area contributed by atoms with Gasteiger partial charge in [-0.3, -0.25) is 14.0 Å². The Labute approximate surface area is 154 Å². The van der Waals surface area contributed by atoms with E-state index in [-0.39, 0.29) is 11.5 Å². The maximum absolute atomic E-state index is 12.4. The van der Waals surface area contributed by atoms with Crippen molar-refractivity contribution in [1.82, 2.24) is 9.38 Å². The standard InChI is InChI=1S/C18H20N4O3S/c1-3-21(11-14-10-17(24)22-7-8-26-18(22)20-14)12-16(23)19-13-5-4-6-15(9-13)25-2/h4-10H,3,11-12H2,1-2H3,(H,19,23)/p+1. The first-order valence-corrected chi connectivity index (χ1v) is 9.20. The van der Waals surface area contributed by atoms with E-state index in [4.69, 9.17) is 4.74 Å². The van der Waals surface area contributed by atoms with Gasteiger partial charge in [0.05, 0.1) is 13.7 Å². The molecule has 2 aromatic heterocycles. The second-order valence-corrected chi connectivity index (χ2v) is 6.75. The van der Waals surface area contributed by atoms with Gasteiger partial charge in [0.25, 0.3) is 11.5 Å². The van der Waals surface area contributed by atoms with Crippen LogP contribution in [-0.2, 0) is 11.3 Å². The lowest BCUT2D eigenvalue weighted by Gasteiger charge is -2.17. The summed E-state index contributed by atoms with van der Waals surface area (Å²) in [5, 5.41) is 4.71. The zero-order valence-electron chi connectivity index (χ0n) is 14.7. The lowest BCUT2D eigenvalue weighted by Crippen LogP contribution is -3.11. The minimum Gasteiger partial charge on any atom is -0.497 e.